The van der Waals surface area contributed by atoms with Crippen LogP contribution in [0.2, 0.25) is 0 Å². The van der Waals surface area contributed by atoms with Gasteiger partial charge in [-0.05, 0) is 24.1 Å². The second kappa shape index (κ2) is 9.11. The minimum atomic E-state index is -0.294. The Morgan fingerprint density at radius 2 is 1.47 bits per heavy atom. The molecule has 1 unspecified atom stereocenters. The van der Waals surface area contributed by atoms with Crippen LogP contribution in [0, 0.1) is 5.92 Å². The van der Waals surface area contributed by atoms with Gasteiger partial charge < -0.3 is 14.7 Å². The number of nitrogens with zero attached hydrogens (tertiary/aromatic N) is 3. The normalized spacial score (nSPS) is 19.7. The minimum Gasteiger partial charge on any atom is -0.341 e. The van der Waals surface area contributed by atoms with Gasteiger partial charge in [0.1, 0.15) is 0 Å². The molecule has 2 fully saturated rings. The van der Waals surface area contributed by atoms with Crippen molar-refractivity contribution in [2.45, 2.75) is 19.4 Å². The van der Waals surface area contributed by atoms with E-state index in [0.717, 1.165) is 12.0 Å². The highest BCUT2D eigenvalue weighted by molar-refractivity contribution is 5.94. The first kappa shape index (κ1) is 20.1. The number of hydrogen-bond donors (Lipinski definition) is 0. The van der Waals surface area contributed by atoms with Crippen LogP contribution in [0.4, 0.5) is 0 Å². The molecule has 1 atom stereocenters. The van der Waals surface area contributed by atoms with Crippen molar-refractivity contribution in [1.29, 1.82) is 0 Å². The average Bonchev–Trinajstić information content (AvgIpc) is 2.99. The Morgan fingerprint density at radius 1 is 0.833 bits per heavy atom. The van der Waals surface area contributed by atoms with Gasteiger partial charge in [0.05, 0.1) is 5.92 Å². The van der Waals surface area contributed by atoms with Crippen molar-refractivity contribution < 1.29 is 14.4 Å². The molecule has 2 aliphatic heterocycles. The zero-order valence-electron chi connectivity index (χ0n) is 17.1. The second-order valence-corrected chi connectivity index (χ2v) is 8.00. The van der Waals surface area contributed by atoms with Gasteiger partial charge in [0.25, 0.3) is 5.91 Å². The fraction of sp³-hybridized carbons (Fsp3) is 0.375. The Balaban J connectivity index is 1.34. The first-order chi connectivity index (χ1) is 14.6. The van der Waals surface area contributed by atoms with E-state index in [9.17, 15) is 14.4 Å². The summed E-state index contributed by atoms with van der Waals surface area (Å²) in [5.74, 6) is -0.214. The van der Waals surface area contributed by atoms with Crippen LogP contribution >= 0.6 is 0 Å². The molecule has 2 aliphatic rings. The first-order valence-electron chi connectivity index (χ1n) is 10.6. The van der Waals surface area contributed by atoms with Crippen LogP contribution < -0.4 is 0 Å². The molecule has 3 amide bonds. The predicted molar refractivity (Wildman–Crippen MR) is 114 cm³/mol. The largest absolute Gasteiger partial charge is 0.341 e. The minimum absolute atomic E-state index is 0.00924. The van der Waals surface area contributed by atoms with Crippen LogP contribution in [0.3, 0.4) is 0 Å². The summed E-state index contributed by atoms with van der Waals surface area (Å²) in [4.78, 5) is 43.7. The predicted octanol–water partition coefficient (Wildman–Crippen LogP) is 2.41. The summed E-state index contributed by atoms with van der Waals surface area (Å²) in [5.41, 5.74) is 1.75. The number of carbonyl (C=O) groups is 3. The maximum absolute atomic E-state index is 13.1. The number of rotatable bonds is 4. The summed E-state index contributed by atoms with van der Waals surface area (Å²) in [7, 11) is 0. The van der Waals surface area contributed by atoms with Crippen LogP contribution in [0.25, 0.3) is 0 Å². The quantitative estimate of drug-likeness (QED) is 0.785. The van der Waals surface area contributed by atoms with E-state index >= 15 is 0 Å². The van der Waals surface area contributed by atoms with Gasteiger partial charge in [-0.1, -0.05) is 48.5 Å². The highest BCUT2D eigenvalue weighted by atomic mass is 16.2. The smallest absolute Gasteiger partial charge is 0.253 e. The maximum atomic E-state index is 13.1. The molecule has 4 rings (SSSR count). The highest BCUT2D eigenvalue weighted by Gasteiger charge is 2.37. The van der Waals surface area contributed by atoms with Gasteiger partial charge in [0.2, 0.25) is 11.8 Å². The highest BCUT2D eigenvalue weighted by Crippen LogP contribution is 2.23. The maximum Gasteiger partial charge on any atom is 0.253 e. The van der Waals surface area contributed by atoms with Crippen molar-refractivity contribution in [3.8, 4) is 0 Å². The van der Waals surface area contributed by atoms with Crippen LogP contribution in [0.15, 0.2) is 60.7 Å². The van der Waals surface area contributed by atoms with Gasteiger partial charge in [-0.15, -0.1) is 0 Å². The zero-order valence-corrected chi connectivity index (χ0v) is 17.1. The zero-order chi connectivity index (χ0) is 20.9. The van der Waals surface area contributed by atoms with Crippen molar-refractivity contribution in [1.82, 2.24) is 14.7 Å². The summed E-state index contributed by atoms with van der Waals surface area (Å²) < 4.78 is 0. The Bertz CT molecular complexity index is 900. The molecule has 0 saturated carbocycles. The fourth-order valence-corrected chi connectivity index (χ4v) is 4.26. The molecular weight excluding hydrogens is 378 g/mol. The molecule has 2 heterocycles. The third kappa shape index (κ3) is 4.53. The third-order valence-electron chi connectivity index (χ3n) is 5.90. The van der Waals surface area contributed by atoms with E-state index in [1.807, 2.05) is 70.5 Å². The molecule has 2 aromatic carbocycles. The molecule has 2 saturated heterocycles. The number of hydrogen-bond acceptors (Lipinski definition) is 3. The van der Waals surface area contributed by atoms with Crippen LogP contribution in [0.5, 0.6) is 0 Å². The van der Waals surface area contributed by atoms with E-state index < -0.39 is 0 Å². The molecule has 0 radical (unpaired) electrons. The van der Waals surface area contributed by atoms with Crippen molar-refractivity contribution in [2.75, 3.05) is 32.7 Å². The SMILES string of the molecule is O=C1CC(C(=O)N2CCCN(C(=O)c3ccccc3)CC2)CN1Cc1ccccc1. The molecule has 156 valence electrons. The van der Waals surface area contributed by atoms with Gasteiger partial charge in [-0.3, -0.25) is 14.4 Å². The number of carbonyl (C=O) groups excluding carboxylic acids is 3. The van der Waals surface area contributed by atoms with Crippen LogP contribution in [-0.2, 0) is 16.1 Å². The molecule has 0 bridgehead atoms. The third-order valence-corrected chi connectivity index (χ3v) is 5.90. The van der Waals surface area contributed by atoms with E-state index in [1.165, 1.54) is 0 Å². The van der Waals surface area contributed by atoms with E-state index in [4.69, 9.17) is 0 Å². The lowest BCUT2D eigenvalue weighted by Gasteiger charge is -2.24. The first-order valence-corrected chi connectivity index (χ1v) is 10.6. The molecule has 0 N–H and O–H groups in total. The number of amides is 3. The average molecular weight is 405 g/mol. The molecule has 6 heteroatoms. The number of benzene rings is 2. The van der Waals surface area contributed by atoms with Gasteiger partial charge >= 0.3 is 0 Å². The summed E-state index contributed by atoms with van der Waals surface area (Å²) >= 11 is 0. The summed E-state index contributed by atoms with van der Waals surface area (Å²) in [6.07, 6.45) is 1.02. The second-order valence-electron chi connectivity index (χ2n) is 8.00. The van der Waals surface area contributed by atoms with E-state index in [1.54, 1.807) is 4.90 Å². The van der Waals surface area contributed by atoms with Crippen molar-refractivity contribution >= 4 is 17.7 Å². The van der Waals surface area contributed by atoms with E-state index in [2.05, 4.69) is 0 Å². The van der Waals surface area contributed by atoms with Gasteiger partial charge in [-0.25, -0.2) is 0 Å². The Kier molecular flexibility index (Phi) is 6.12. The van der Waals surface area contributed by atoms with Gasteiger partial charge in [0.15, 0.2) is 0 Å². The Morgan fingerprint density at radius 3 is 2.20 bits per heavy atom. The van der Waals surface area contributed by atoms with Crippen LogP contribution in [0.1, 0.15) is 28.8 Å². The summed E-state index contributed by atoms with van der Waals surface area (Å²) in [6, 6.07) is 19.1. The van der Waals surface area contributed by atoms with Gasteiger partial charge in [-0.2, -0.15) is 0 Å². The van der Waals surface area contributed by atoms with E-state index in [-0.39, 0.29) is 30.1 Å². The van der Waals surface area contributed by atoms with Crippen molar-refractivity contribution in [3.05, 3.63) is 71.8 Å². The Labute approximate surface area is 177 Å². The molecular formula is C24H27N3O3. The summed E-state index contributed by atoms with van der Waals surface area (Å²) in [6.45, 7) is 3.31. The molecule has 2 aromatic rings. The lowest BCUT2D eigenvalue weighted by atomic mass is 10.1. The standard InChI is InChI=1S/C24H27N3O3/c28-22-16-21(18-27(22)17-19-8-3-1-4-9-19)24(30)26-13-7-12-25(14-15-26)23(29)20-10-5-2-6-11-20/h1-6,8-11,21H,7,12-18H2. The number of likely N-dealkylation sites (tertiary alicyclic amines) is 1. The van der Waals surface area contributed by atoms with Gasteiger partial charge in [0, 0.05) is 51.3 Å². The Hall–Kier alpha value is -3.15. The van der Waals surface area contributed by atoms with Crippen LogP contribution in [-0.4, -0.2) is 65.1 Å². The van der Waals surface area contributed by atoms with Crippen molar-refractivity contribution in [2.24, 2.45) is 5.92 Å². The lowest BCUT2D eigenvalue weighted by Crippen LogP contribution is -2.40. The van der Waals surface area contributed by atoms with Crippen molar-refractivity contribution in [3.63, 3.8) is 0 Å². The molecule has 0 aromatic heterocycles. The summed E-state index contributed by atoms with van der Waals surface area (Å²) in [5, 5.41) is 0. The fourth-order valence-electron chi connectivity index (χ4n) is 4.26. The molecule has 0 aliphatic carbocycles. The molecule has 0 spiro atoms. The molecule has 6 nitrogen and oxygen atoms in total. The molecule has 30 heavy (non-hydrogen) atoms. The monoisotopic (exact) mass is 405 g/mol. The topological polar surface area (TPSA) is 60.9 Å². The van der Waals surface area contributed by atoms with E-state index in [0.29, 0.717) is 44.8 Å². The lowest BCUT2D eigenvalue weighted by molar-refractivity contribution is -0.135.